The van der Waals surface area contributed by atoms with Gasteiger partial charge in [0.05, 0.1) is 17.1 Å². The average molecular weight is 426 g/mol. The van der Waals surface area contributed by atoms with E-state index in [1.54, 1.807) is 23.1 Å². The van der Waals surface area contributed by atoms with Gasteiger partial charge in [-0.1, -0.05) is 5.16 Å². The Morgan fingerprint density at radius 3 is 2.61 bits per heavy atom. The van der Waals surface area contributed by atoms with E-state index in [4.69, 9.17) is 9.52 Å². The molecular weight excluding hydrogens is 397 g/mol. The van der Waals surface area contributed by atoms with Gasteiger partial charge in [-0.3, -0.25) is 9.89 Å². The maximum absolute atomic E-state index is 13.1. The van der Waals surface area contributed by atoms with Gasteiger partial charge in [-0.25, -0.2) is 9.07 Å². The van der Waals surface area contributed by atoms with Crippen molar-refractivity contribution in [3.63, 3.8) is 0 Å². The minimum absolute atomic E-state index is 0.250. The predicted octanol–water partition coefficient (Wildman–Crippen LogP) is 2.33. The SMILES string of the molecule is CCNC(=NCCc1ccn(-c2ccc(F)cc2)n1)N1CCN(Cc2ccon2)CC1. The molecule has 8 nitrogen and oxygen atoms in total. The average Bonchev–Trinajstić information content (AvgIpc) is 3.47. The van der Waals surface area contributed by atoms with Crippen LogP contribution in [0.3, 0.4) is 0 Å². The van der Waals surface area contributed by atoms with Gasteiger partial charge in [0.1, 0.15) is 12.1 Å². The molecule has 1 saturated heterocycles. The first-order chi connectivity index (χ1) is 15.2. The van der Waals surface area contributed by atoms with Crippen LogP contribution in [0.5, 0.6) is 0 Å². The molecular formula is C22H28FN7O. The molecule has 0 unspecified atom stereocenters. The normalized spacial score (nSPS) is 15.4. The molecule has 1 N–H and O–H groups in total. The van der Waals surface area contributed by atoms with Gasteiger partial charge in [-0.05, 0) is 37.3 Å². The van der Waals surface area contributed by atoms with E-state index in [0.29, 0.717) is 6.54 Å². The van der Waals surface area contributed by atoms with E-state index >= 15 is 0 Å². The zero-order valence-electron chi connectivity index (χ0n) is 17.7. The highest BCUT2D eigenvalue weighted by Gasteiger charge is 2.20. The van der Waals surface area contributed by atoms with Crippen LogP contribution in [0.4, 0.5) is 4.39 Å². The number of benzene rings is 1. The number of nitrogens with zero attached hydrogens (tertiary/aromatic N) is 6. The van der Waals surface area contributed by atoms with Gasteiger partial charge in [-0.15, -0.1) is 0 Å². The van der Waals surface area contributed by atoms with E-state index in [1.165, 1.54) is 12.1 Å². The van der Waals surface area contributed by atoms with Crippen LogP contribution in [-0.2, 0) is 13.0 Å². The number of hydrogen-bond acceptors (Lipinski definition) is 5. The zero-order valence-corrected chi connectivity index (χ0v) is 17.7. The predicted molar refractivity (Wildman–Crippen MR) is 117 cm³/mol. The summed E-state index contributed by atoms with van der Waals surface area (Å²) < 4.78 is 19.8. The third-order valence-electron chi connectivity index (χ3n) is 5.25. The molecule has 9 heteroatoms. The van der Waals surface area contributed by atoms with Crippen LogP contribution in [-0.4, -0.2) is 70.0 Å². The van der Waals surface area contributed by atoms with Gasteiger partial charge in [-0.2, -0.15) is 5.10 Å². The molecule has 0 saturated carbocycles. The molecule has 3 heterocycles. The van der Waals surface area contributed by atoms with Crippen molar-refractivity contribution in [2.45, 2.75) is 19.9 Å². The monoisotopic (exact) mass is 425 g/mol. The largest absolute Gasteiger partial charge is 0.364 e. The Morgan fingerprint density at radius 2 is 1.90 bits per heavy atom. The molecule has 0 atom stereocenters. The number of rotatable bonds is 7. The lowest BCUT2D eigenvalue weighted by atomic mass is 10.3. The van der Waals surface area contributed by atoms with Crippen molar-refractivity contribution < 1.29 is 8.91 Å². The molecule has 3 aromatic rings. The highest BCUT2D eigenvalue weighted by atomic mass is 19.1. The minimum Gasteiger partial charge on any atom is -0.364 e. The van der Waals surface area contributed by atoms with Crippen LogP contribution in [0.15, 0.2) is 58.4 Å². The van der Waals surface area contributed by atoms with Gasteiger partial charge < -0.3 is 14.7 Å². The fraction of sp³-hybridized carbons (Fsp3) is 0.409. The second-order valence-electron chi connectivity index (χ2n) is 7.47. The zero-order chi connectivity index (χ0) is 21.5. The summed E-state index contributed by atoms with van der Waals surface area (Å²) in [5, 5.41) is 12.0. The van der Waals surface area contributed by atoms with Gasteiger partial charge in [0, 0.05) is 64.5 Å². The fourth-order valence-electron chi connectivity index (χ4n) is 3.60. The summed E-state index contributed by atoms with van der Waals surface area (Å²) in [6.45, 7) is 8.14. The first-order valence-electron chi connectivity index (χ1n) is 10.7. The lowest BCUT2D eigenvalue weighted by molar-refractivity contribution is 0.169. The van der Waals surface area contributed by atoms with Crippen molar-refractivity contribution >= 4 is 5.96 Å². The molecule has 4 rings (SSSR count). The number of aromatic nitrogens is 3. The standard InChI is InChI=1S/C22H28FN7O/c1-2-24-22(29-14-12-28(13-15-29)17-20-9-16-31-27-20)25-10-7-19-8-11-30(26-19)21-5-3-18(23)4-6-21/h3-6,8-9,11,16H,2,7,10,12-15,17H2,1H3,(H,24,25). The highest BCUT2D eigenvalue weighted by Crippen LogP contribution is 2.10. The smallest absolute Gasteiger partial charge is 0.194 e. The molecule has 0 radical (unpaired) electrons. The summed E-state index contributed by atoms with van der Waals surface area (Å²) in [4.78, 5) is 9.49. The van der Waals surface area contributed by atoms with Gasteiger partial charge in [0.15, 0.2) is 5.96 Å². The highest BCUT2D eigenvalue weighted by molar-refractivity contribution is 5.80. The fourth-order valence-corrected chi connectivity index (χ4v) is 3.60. The van der Waals surface area contributed by atoms with Crippen LogP contribution in [0.2, 0.25) is 0 Å². The molecule has 1 aromatic carbocycles. The summed E-state index contributed by atoms with van der Waals surface area (Å²) >= 11 is 0. The summed E-state index contributed by atoms with van der Waals surface area (Å²) in [7, 11) is 0. The Morgan fingerprint density at radius 1 is 1.10 bits per heavy atom. The molecule has 2 aromatic heterocycles. The van der Waals surface area contributed by atoms with Crippen LogP contribution >= 0.6 is 0 Å². The molecule has 1 aliphatic rings. The molecule has 164 valence electrons. The summed E-state index contributed by atoms with van der Waals surface area (Å²) in [5.41, 5.74) is 2.77. The Kier molecular flexibility index (Phi) is 6.93. The van der Waals surface area contributed by atoms with E-state index < -0.39 is 0 Å². The molecule has 0 aliphatic carbocycles. The molecule has 1 aliphatic heterocycles. The van der Waals surface area contributed by atoms with Crippen molar-refractivity contribution in [3.8, 4) is 5.69 Å². The third-order valence-corrected chi connectivity index (χ3v) is 5.25. The maximum Gasteiger partial charge on any atom is 0.194 e. The number of hydrogen-bond donors (Lipinski definition) is 1. The topological polar surface area (TPSA) is 74.7 Å². The number of aliphatic imine (C=N–C) groups is 1. The van der Waals surface area contributed by atoms with E-state index in [9.17, 15) is 4.39 Å². The van der Waals surface area contributed by atoms with Gasteiger partial charge in [0.25, 0.3) is 0 Å². The van der Waals surface area contributed by atoms with Crippen LogP contribution in [0.1, 0.15) is 18.3 Å². The van der Waals surface area contributed by atoms with E-state index in [-0.39, 0.29) is 5.82 Å². The van der Waals surface area contributed by atoms with Crippen molar-refractivity contribution in [3.05, 3.63) is 66.1 Å². The van der Waals surface area contributed by atoms with Crippen molar-refractivity contribution in [2.24, 2.45) is 4.99 Å². The Bertz CT molecular complexity index is 960. The molecule has 0 spiro atoms. The van der Waals surface area contributed by atoms with Crippen molar-refractivity contribution in [1.82, 2.24) is 30.1 Å². The van der Waals surface area contributed by atoms with E-state index in [1.807, 2.05) is 18.3 Å². The first-order valence-corrected chi connectivity index (χ1v) is 10.7. The second-order valence-corrected chi connectivity index (χ2v) is 7.47. The molecule has 0 bridgehead atoms. The van der Waals surface area contributed by atoms with Crippen LogP contribution in [0, 0.1) is 5.82 Å². The second kappa shape index (κ2) is 10.2. The van der Waals surface area contributed by atoms with Crippen LogP contribution < -0.4 is 5.32 Å². The lowest BCUT2D eigenvalue weighted by Gasteiger charge is -2.36. The quantitative estimate of drug-likeness (QED) is 0.463. The van der Waals surface area contributed by atoms with Gasteiger partial charge >= 0.3 is 0 Å². The van der Waals surface area contributed by atoms with E-state index in [0.717, 1.165) is 68.7 Å². The molecule has 31 heavy (non-hydrogen) atoms. The van der Waals surface area contributed by atoms with Gasteiger partial charge in [0.2, 0.25) is 0 Å². The minimum atomic E-state index is -0.250. The summed E-state index contributed by atoms with van der Waals surface area (Å²) in [6, 6.07) is 10.2. The summed E-state index contributed by atoms with van der Waals surface area (Å²) in [6.07, 6.45) is 4.25. The summed E-state index contributed by atoms with van der Waals surface area (Å²) in [5.74, 6) is 0.696. The molecule has 0 amide bonds. The van der Waals surface area contributed by atoms with Crippen LogP contribution in [0.25, 0.3) is 5.69 Å². The number of nitrogens with one attached hydrogen (secondary N) is 1. The third kappa shape index (κ3) is 5.69. The Labute approximate surface area is 181 Å². The number of halogens is 1. The van der Waals surface area contributed by atoms with E-state index in [2.05, 4.69) is 32.3 Å². The van der Waals surface area contributed by atoms with Crippen molar-refractivity contribution in [1.29, 1.82) is 0 Å². The molecule has 1 fully saturated rings. The lowest BCUT2D eigenvalue weighted by Crippen LogP contribution is -2.52. The maximum atomic E-state index is 13.1. The first kappa shape index (κ1) is 21.0. The van der Waals surface area contributed by atoms with Crippen molar-refractivity contribution in [2.75, 3.05) is 39.3 Å². The number of guanidine groups is 1. The Balaban J connectivity index is 1.30. The Hall–Kier alpha value is -3.20. The number of piperazine rings is 1.